The third-order valence-corrected chi connectivity index (χ3v) is 5.03. The lowest BCUT2D eigenvalue weighted by Crippen LogP contribution is -2.54. The third-order valence-electron chi connectivity index (χ3n) is 4.28. The molecule has 3 rings (SSSR count). The highest BCUT2D eigenvalue weighted by atomic mass is 32.2. The number of nitrogens with zero attached hydrogens (tertiary/aromatic N) is 3. The number of thioether (sulfide) groups is 1. The molecule has 26 heavy (non-hydrogen) atoms. The average molecular weight is 377 g/mol. The van der Waals surface area contributed by atoms with Crippen LogP contribution in [0.2, 0.25) is 0 Å². The summed E-state index contributed by atoms with van der Waals surface area (Å²) in [6.07, 6.45) is 3.64. The van der Waals surface area contributed by atoms with Gasteiger partial charge in [0.25, 0.3) is 0 Å². The molecule has 2 N–H and O–H groups in total. The van der Waals surface area contributed by atoms with Crippen LogP contribution < -0.4 is 10.6 Å². The predicted octanol–water partition coefficient (Wildman–Crippen LogP) is 1.66. The molecule has 0 spiro atoms. The van der Waals surface area contributed by atoms with Crippen molar-refractivity contribution in [3.8, 4) is 0 Å². The van der Waals surface area contributed by atoms with Crippen molar-refractivity contribution in [2.24, 2.45) is 7.05 Å². The van der Waals surface area contributed by atoms with E-state index in [1.807, 2.05) is 17.9 Å². The van der Waals surface area contributed by atoms with Crippen molar-refractivity contribution in [1.29, 1.82) is 0 Å². The van der Waals surface area contributed by atoms with Crippen molar-refractivity contribution < 1.29 is 14.0 Å². The first-order chi connectivity index (χ1) is 12.5. The monoisotopic (exact) mass is 377 g/mol. The largest absolute Gasteiger partial charge is 0.352 e. The second-order valence-corrected chi connectivity index (χ2v) is 6.67. The van der Waals surface area contributed by atoms with Gasteiger partial charge in [0.15, 0.2) is 5.16 Å². The zero-order chi connectivity index (χ0) is 18.7. The van der Waals surface area contributed by atoms with Crippen LogP contribution in [-0.2, 0) is 18.4 Å². The summed E-state index contributed by atoms with van der Waals surface area (Å²) < 4.78 is 15.5. The lowest BCUT2D eigenvalue weighted by atomic mass is 10.0. The molecule has 1 unspecified atom stereocenters. The number of urea groups is 1. The molecule has 2 aromatic rings. The molecule has 0 bridgehead atoms. The number of piperazine rings is 1. The first-order valence-electron chi connectivity index (χ1n) is 8.13. The van der Waals surface area contributed by atoms with E-state index in [0.29, 0.717) is 18.7 Å². The number of nitrogens with one attached hydrogen (secondary N) is 2. The van der Waals surface area contributed by atoms with E-state index in [-0.39, 0.29) is 18.5 Å². The fourth-order valence-electron chi connectivity index (χ4n) is 2.94. The van der Waals surface area contributed by atoms with E-state index in [1.165, 1.54) is 34.9 Å². The van der Waals surface area contributed by atoms with Gasteiger partial charge in [-0.25, -0.2) is 14.2 Å². The molecule has 3 amide bonds. The molecule has 1 aliphatic rings. The van der Waals surface area contributed by atoms with Crippen LogP contribution in [-0.4, -0.2) is 45.7 Å². The van der Waals surface area contributed by atoms with Gasteiger partial charge in [0.1, 0.15) is 11.9 Å². The van der Waals surface area contributed by atoms with Gasteiger partial charge in [-0.15, -0.1) is 0 Å². The number of hydrogen-bond donors (Lipinski definition) is 2. The number of rotatable bonds is 4. The van der Waals surface area contributed by atoms with Gasteiger partial charge in [-0.1, -0.05) is 23.9 Å². The molecular weight excluding hydrogens is 357 g/mol. The Kier molecular flexibility index (Phi) is 5.46. The summed E-state index contributed by atoms with van der Waals surface area (Å²) in [5, 5.41) is 6.40. The summed E-state index contributed by atoms with van der Waals surface area (Å²) >= 11 is 1.52. The number of hydrogen-bond acceptors (Lipinski definition) is 4. The van der Waals surface area contributed by atoms with Crippen molar-refractivity contribution >= 4 is 23.7 Å². The highest BCUT2D eigenvalue weighted by Crippen LogP contribution is 2.24. The van der Waals surface area contributed by atoms with Crippen molar-refractivity contribution in [3.63, 3.8) is 0 Å². The van der Waals surface area contributed by atoms with Crippen LogP contribution in [0.3, 0.4) is 0 Å². The van der Waals surface area contributed by atoms with Crippen LogP contribution >= 0.6 is 11.8 Å². The van der Waals surface area contributed by atoms with Gasteiger partial charge in [-0.3, -0.25) is 4.79 Å². The molecule has 0 saturated carbocycles. The van der Waals surface area contributed by atoms with Crippen LogP contribution in [0.15, 0.2) is 35.6 Å². The van der Waals surface area contributed by atoms with E-state index < -0.39 is 11.9 Å². The Balaban J connectivity index is 1.75. The summed E-state index contributed by atoms with van der Waals surface area (Å²) in [6, 6.07) is 4.53. The van der Waals surface area contributed by atoms with Gasteiger partial charge in [0, 0.05) is 20.1 Å². The summed E-state index contributed by atoms with van der Waals surface area (Å²) in [5.74, 6) is -0.761. The first kappa shape index (κ1) is 18.2. The summed E-state index contributed by atoms with van der Waals surface area (Å²) in [7, 11) is 1.88. The Morgan fingerprint density at radius 3 is 3.00 bits per heavy atom. The van der Waals surface area contributed by atoms with Gasteiger partial charge >= 0.3 is 6.03 Å². The van der Waals surface area contributed by atoms with Crippen LogP contribution in [0.25, 0.3) is 0 Å². The topological polar surface area (TPSA) is 79.3 Å². The first-order valence-corrected chi connectivity index (χ1v) is 9.36. The molecule has 0 aliphatic carbocycles. The molecule has 2 heterocycles. The number of benzene rings is 1. The normalized spacial score (nSPS) is 17.1. The molecule has 0 radical (unpaired) electrons. The number of carbonyl (C=O) groups excluding carboxylic acids is 2. The number of carbonyl (C=O) groups is 2. The third kappa shape index (κ3) is 3.67. The minimum absolute atomic E-state index is 0.289. The molecule has 1 aromatic heterocycles. The van der Waals surface area contributed by atoms with Crippen LogP contribution in [0.5, 0.6) is 0 Å². The van der Waals surface area contributed by atoms with E-state index >= 15 is 0 Å². The highest BCUT2D eigenvalue weighted by molar-refractivity contribution is 7.98. The smallest absolute Gasteiger partial charge is 0.318 e. The minimum atomic E-state index is -0.854. The Bertz CT molecular complexity index is 825. The van der Waals surface area contributed by atoms with Gasteiger partial charge in [0.2, 0.25) is 5.91 Å². The second kappa shape index (κ2) is 7.77. The summed E-state index contributed by atoms with van der Waals surface area (Å²) in [6.45, 7) is 0.998. The predicted molar refractivity (Wildman–Crippen MR) is 96.1 cm³/mol. The summed E-state index contributed by atoms with van der Waals surface area (Å²) in [5.41, 5.74) is 1.30. The van der Waals surface area contributed by atoms with Crippen molar-refractivity contribution in [2.45, 2.75) is 17.7 Å². The number of amides is 3. The van der Waals surface area contributed by atoms with E-state index in [4.69, 9.17) is 0 Å². The maximum absolute atomic E-state index is 13.6. The Morgan fingerprint density at radius 2 is 2.31 bits per heavy atom. The van der Waals surface area contributed by atoms with Crippen molar-refractivity contribution in [2.75, 3.05) is 19.3 Å². The maximum atomic E-state index is 13.6. The molecule has 1 atom stereocenters. The Morgan fingerprint density at radius 1 is 1.50 bits per heavy atom. The van der Waals surface area contributed by atoms with Gasteiger partial charge in [0.05, 0.1) is 18.4 Å². The number of imidazole rings is 1. The number of halogens is 1. The number of aromatic nitrogens is 2. The SMILES string of the molecule is CSc1ncc(CNC(=O)N2CCNC(=O)C2c2cccc(F)c2)n1C. The van der Waals surface area contributed by atoms with Crippen LogP contribution in [0, 0.1) is 5.82 Å². The zero-order valence-electron chi connectivity index (χ0n) is 14.5. The average Bonchev–Trinajstić information content (AvgIpc) is 2.99. The highest BCUT2D eigenvalue weighted by Gasteiger charge is 2.34. The van der Waals surface area contributed by atoms with Crippen LogP contribution in [0.4, 0.5) is 9.18 Å². The van der Waals surface area contributed by atoms with E-state index in [0.717, 1.165) is 10.9 Å². The fraction of sp³-hybridized carbons (Fsp3) is 0.353. The Labute approximate surface area is 155 Å². The molecule has 9 heteroatoms. The summed E-state index contributed by atoms with van der Waals surface area (Å²) in [4.78, 5) is 30.7. The zero-order valence-corrected chi connectivity index (χ0v) is 15.3. The molecule has 1 fully saturated rings. The molecule has 1 aromatic carbocycles. The molecule has 7 nitrogen and oxygen atoms in total. The van der Waals surface area contributed by atoms with Crippen molar-refractivity contribution in [3.05, 3.63) is 47.5 Å². The maximum Gasteiger partial charge on any atom is 0.318 e. The molecule has 1 saturated heterocycles. The van der Waals surface area contributed by atoms with E-state index in [2.05, 4.69) is 15.6 Å². The van der Waals surface area contributed by atoms with Crippen molar-refractivity contribution in [1.82, 2.24) is 25.1 Å². The molecular formula is C17H20FN5O2S. The van der Waals surface area contributed by atoms with Gasteiger partial charge in [-0.2, -0.15) is 0 Å². The lowest BCUT2D eigenvalue weighted by molar-refractivity contribution is -0.127. The van der Waals surface area contributed by atoms with Crippen LogP contribution in [0.1, 0.15) is 17.3 Å². The minimum Gasteiger partial charge on any atom is -0.352 e. The Hall–Kier alpha value is -2.55. The quantitative estimate of drug-likeness (QED) is 0.795. The lowest BCUT2D eigenvalue weighted by Gasteiger charge is -2.35. The standard InChI is InChI=1S/C17H20FN5O2S/c1-22-13(10-21-17(22)26-2)9-20-16(25)23-7-6-19-15(24)14(23)11-4-3-5-12(18)8-11/h3-5,8,10,14H,6-7,9H2,1-2H3,(H,19,24)(H,20,25). The van der Waals surface area contributed by atoms with Gasteiger partial charge in [-0.05, 0) is 24.0 Å². The molecule has 138 valence electrons. The van der Waals surface area contributed by atoms with E-state index in [9.17, 15) is 14.0 Å². The van der Waals surface area contributed by atoms with Gasteiger partial charge < -0.3 is 20.1 Å². The fourth-order valence-corrected chi connectivity index (χ4v) is 3.49. The second-order valence-electron chi connectivity index (χ2n) is 5.90. The van der Waals surface area contributed by atoms with E-state index in [1.54, 1.807) is 12.3 Å². The molecule has 1 aliphatic heterocycles.